The van der Waals surface area contributed by atoms with Crippen LogP contribution in [0.15, 0.2) is 29.6 Å². The van der Waals surface area contributed by atoms with Gasteiger partial charge in [0.05, 0.1) is 16.2 Å². The molecule has 2 heterocycles. The summed E-state index contributed by atoms with van der Waals surface area (Å²) in [5.41, 5.74) is 1.95. The number of amides is 2. The molecule has 1 aromatic heterocycles. The third kappa shape index (κ3) is 3.91. The smallest absolute Gasteiger partial charge is 0.274 e. The van der Waals surface area contributed by atoms with Gasteiger partial charge in [0.2, 0.25) is 11.8 Å². The lowest BCUT2D eigenvalue weighted by atomic mass is 10.1. The van der Waals surface area contributed by atoms with Crippen molar-refractivity contribution in [2.24, 2.45) is 0 Å². The van der Waals surface area contributed by atoms with Gasteiger partial charge in [0.25, 0.3) is 5.69 Å². The van der Waals surface area contributed by atoms with Crippen molar-refractivity contribution in [1.29, 1.82) is 0 Å². The van der Waals surface area contributed by atoms with Crippen LogP contribution in [-0.4, -0.2) is 28.2 Å². The Bertz CT molecular complexity index is 862. The third-order valence-electron chi connectivity index (χ3n) is 4.50. The fourth-order valence-corrected chi connectivity index (χ4v) is 3.90. The van der Waals surface area contributed by atoms with Gasteiger partial charge in [-0.15, -0.1) is 11.3 Å². The third-order valence-corrected chi connectivity index (χ3v) is 5.53. The van der Waals surface area contributed by atoms with Gasteiger partial charge in [-0.05, 0) is 36.4 Å². The lowest BCUT2D eigenvalue weighted by Crippen LogP contribution is -2.35. The molecular formula is C18H19N3O4S. The van der Waals surface area contributed by atoms with E-state index in [0.717, 1.165) is 6.42 Å². The Balaban J connectivity index is 1.54. The van der Waals surface area contributed by atoms with Crippen molar-refractivity contribution in [2.45, 2.75) is 32.7 Å². The molecule has 0 aliphatic carbocycles. The first-order chi connectivity index (χ1) is 12.5. The van der Waals surface area contributed by atoms with Crippen molar-refractivity contribution < 1.29 is 14.5 Å². The molecule has 136 valence electrons. The monoisotopic (exact) mass is 373 g/mol. The van der Waals surface area contributed by atoms with Crippen LogP contribution < -0.4 is 5.32 Å². The van der Waals surface area contributed by atoms with E-state index in [-0.39, 0.29) is 30.3 Å². The predicted octanol–water partition coefficient (Wildman–Crippen LogP) is 3.27. The molecule has 1 N–H and O–H groups in total. The largest absolute Gasteiger partial charge is 0.338 e. The molecule has 0 fully saturated rings. The number of nitro groups is 1. The highest BCUT2D eigenvalue weighted by Gasteiger charge is 2.22. The molecular weight excluding hydrogens is 354 g/mol. The van der Waals surface area contributed by atoms with Crippen LogP contribution in [0.25, 0.3) is 0 Å². The maximum Gasteiger partial charge on any atom is 0.274 e. The van der Waals surface area contributed by atoms with Crippen LogP contribution in [0.3, 0.4) is 0 Å². The minimum Gasteiger partial charge on any atom is -0.338 e. The highest BCUT2D eigenvalue weighted by atomic mass is 32.1. The van der Waals surface area contributed by atoms with E-state index < -0.39 is 4.92 Å². The van der Waals surface area contributed by atoms with E-state index in [9.17, 15) is 19.7 Å². The van der Waals surface area contributed by atoms with Crippen molar-refractivity contribution in [1.82, 2.24) is 4.90 Å². The van der Waals surface area contributed by atoms with Crippen molar-refractivity contribution in [3.05, 3.63) is 55.8 Å². The van der Waals surface area contributed by atoms with Gasteiger partial charge in [0.15, 0.2) is 0 Å². The van der Waals surface area contributed by atoms with Crippen LogP contribution in [0.5, 0.6) is 0 Å². The maximum absolute atomic E-state index is 12.4. The molecule has 3 rings (SSSR count). The first kappa shape index (κ1) is 18.1. The van der Waals surface area contributed by atoms with Crippen LogP contribution in [0.2, 0.25) is 0 Å². The molecule has 0 radical (unpaired) electrons. The molecule has 8 heteroatoms. The fraction of sp³-hybridized carbons (Fsp3) is 0.333. The number of nitrogens with zero attached hydrogens (tertiary/aromatic N) is 2. The second kappa shape index (κ2) is 7.65. The van der Waals surface area contributed by atoms with Crippen LogP contribution >= 0.6 is 11.3 Å². The minimum atomic E-state index is -0.483. The normalized spacial score (nSPS) is 13.2. The van der Waals surface area contributed by atoms with E-state index in [1.54, 1.807) is 29.2 Å². The fourth-order valence-electron chi connectivity index (χ4n) is 3.01. The number of benzene rings is 1. The number of hydrogen-bond acceptors (Lipinski definition) is 5. The Morgan fingerprint density at radius 3 is 2.88 bits per heavy atom. The lowest BCUT2D eigenvalue weighted by Gasteiger charge is -2.27. The summed E-state index contributed by atoms with van der Waals surface area (Å²) < 4.78 is 0. The summed E-state index contributed by atoms with van der Waals surface area (Å²) in [5, 5.41) is 15.7. The summed E-state index contributed by atoms with van der Waals surface area (Å²) in [5.74, 6) is -0.372. The van der Waals surface area contributed by atoms with Gasteiger partial charge < -0.3 is 10.2 Å². The van der Waals surface area contributed by atoms with E-state index >= 15 is 0 Å². The van der Waals surface area contributed by atoms with Crippen molar-refractivity contribution >= 4 is 34.5 Å². The first-order valence-electron chi connectivity index (χ1n) is 8.32. The van der Waals surface area contributed by atoms with Gasteiger partial charge in [0, 0.05) is 36.9 Å². The zero-order chi connectivity index (χ0) is 18.7. The number of fused-ring (bicyclic) bond motifs is 1. The highest BCUT2D eigenvalue weighted by Crippen LogP contribution is 2.26. The van der Waals surface area contributed by atoms with Gasteiger partial charge >= 0.3 is 0 Å². The summed E-state index contributed by atoms with van der Waals surface area (Å²) in [7, 11) is 0. The number of nitro benzene ring substituents is 1. The Morgan fingerprint density at radius 2 is 2.12 bits per heavy atom. The van der Waals surface area contributed by atoms with Crippen molar-refractivity contribution in [3.63, 3.8) is 0 Å². The standard InChI is InChI=1S/C18H19N3O4S/c1-12-14(3-2-4-15(12)21(24)25)19-17(22)5-6-18(23)20-9-7-16-13(11-20)8-10-26-16/h2-4,8,10H,5-7,9,11H2,1H3,(H,19,22). The lowest BCUT2D eigenvalue weighted by molar-refractivity contribution is -0.385. The van der Waals surface area contributed by atoms with E-state index in [4.69, 9.17) is 0 Å². The van der Waals surface area contributed by atoms with Crippen LogP contribution in [-0.2, 0) is 22.6 Å². The van der Waals surface area contributed by atoms with Crippen molar-refractivity contribution in [3.8, 4) is 0 Å². The number of anilines is 1. The Kier molecular flexibility index (Phi) is 5.32. The second-order valence-electron chi connectivity index (χ2n) is 6.19. The average Bonchev–Trinajstić information content (AvgIpc) is 3.09. The molecule has 2 amide bonds. The summed E-state index contributed by atoms with van der Waals surface area (Å²) in [4.78, 5) is 38.1. The summed E-state index contributed by atoms with van der Waals surface area (Å²) in [6.45, 7) is 2.87. The number of thiophene rings is 1. The Morgan fingerprint density at radius 1 is 1.31 bits per heavy atom. The summed E-state index contributed by atoms with van der Waals surface area (Å²) >= 11 is 1.71. The number of rotatable bonds is 5. The number of carbonyl (C=O) groups excluding carboxylic acids is 2. The maximum atomic E-state index is 12.4. The molecule has 0 saturated heterocycles. The SMILES string of the molecule is Cc1c(NC(=O)CCC(=O)N2CCc3sccc3C2)cccc1[N+](=O)[O-]. The predicted molar refractivity (Wildman–Crippen MR) is 99.1 cm³/mol. The zero-order valence-corrected chi connectivity index (χ0v) is 15.2. The van der Waals surface area contributed by atoms with Gasteiger partial charge in [-0.1, -0.05) is 6.07 Å². The molecule has 2 aromatic rings. The van der Waals surface area contributed by atoms with Crippen molar-refractivity contribution in [2.75, 3.05) is 11.9 Å². The Labute approximate surface area is 154 Å². The van der Waals surface area contributed by atoms with E-state index in [1.807, 2.05) is 11.4 Å². The number of carbonyl (C=O) groups is 2. The first-order valence-corrected chi connectivity index (χ1v) is 9.20. The molecule has 26 heavy (non-hydrogen) atoms. The van der Waals surface area contributed by atoms with E-state index in [1.165, 1.54) is 22.6 Å². The van der Waals surface area contributed by atoms with Gasteiger partial charge in [-0.25, -0.2) is 0 Å². The van der Waals surface area contributed by atoms with E-state index in [2.05, 4.69) is 5.32 Å². The molecule has 1 aliphatic rings. The molecule has 0 atom stereocenters. The van der Waals surface area contributed by atoms with E-state index in [0.29, 0.717) is 24.3 Å². The van der Waals surface area contributed by atoms with Crippen LogP contribution in [0.4, 0.5) is 11.4 Å². The highest BCUT2D eigenvalue weighted by molar-refractivity contribution is 7.10. The molecule has 0 saturated carbocycles. The minimum absolute atomic E-state index is 0.0428. The molecule has 0 unspecified atom stereocenters. The summed E-state index contributed by atoms with van der Waals surface area (Å²) in [6.07, 6.45) is 1.03. The quantitative estimate of drug-likeness (QED) is 0.643. The molecule has 1 aromatic carbocycles. The molecule has 0 bridgehead atoms. The Hall–Kier alpha value is -2.74. The average molecular weight is 373 g/mol. The van der Waals surface area contributed by atoms with Gasteiger partial charge in [0.1, 0.15) is 0 Å². The van der Waals surface area contributed by atoms with Crippen LogP contribution in [0.1, 0.15) is 28.8 Å². The molecule has 1 aliphatic heterocycles. The number of hydrogen-bond donors (Lipinski definition) is 1. The zero-order valence-electron chi connectivity index (χ0n) is 14.4. The summed E-state index contributed by atoms with van der Waals surface area (Å²) in [6, 6.07) is 6.57. The topological polar surface area (TPSA) is 92.6 Å². The van der Waals surface area contributed by atoms with Gasteiger partial charge in [-0.3, -0.25) is 19.7 Å². The molecule has 7 nitrogen and oxygen atoms in total. The molecule has 0 spiro atoms. The number of nitrogens with one attached hydrogen (secondary N) is 1. The van der Waals surface area contributed by atoms with Gasteiger partial charge in [-0.2, -0.15) is 0 Å². The second-order valence-corrected chi connectivity index (χ2v) is 7.19. The van der Waals surface area contributed by atoms with Crippen LogP contribution in [0, 0.1) is 17.0 Å².